The summed E-state index contributed by atoms with van der Waals surface area (Å²) in [6.45, 7) is 2.94. The highest BCUT2D eigenvalue weighted by Gasteiger charge is 2.05. The summed E-state index contributed by atoms with van der Waals surface area (Å²) in [4.78, 5) is 11.8. The molecule has 5 nitrogen and oxygen atoms in total. The van der Waals surface area contributed by atoms with Crippen molar-refractivity contribution in [3.63, 3.8) is 0 Å². The van der Waals surface area contributed by atoms with E-state index < -0.39 is 0 Å². The molecule has 5 heteroatoms. The SMILES string of the molecule is CCNC(=O)c1cccc(NCc2ccc(O)c(O)c2)c1. The first-order valence-corrected chi connectivity index (χ1v) is 6.73. The second kappa shape index (κ2) is 6.65. The van der Waals surface area contributed by atoms with E-state index in [0.717, 1.165) is 11.3 Å². The highest BCUT2D eigenvalue weighted by Crippen LogP contribution is 2.25. The summed E-state index contributed by atoms with van der Waals surface area (Å²) in [6.07, 6.45) is 0. The minimum atomic E-state index is -0.148. The fraction of sp³-hybridized carbons (Fsp3) is 0.188. The third kappa shape index (κ3) is 3.89. The number of phenolic OH excluding ortho intramolecular Hbond substituents is 2. The molecule has 4 N–H and O–H groups in total. The molecule has 0 aliphatic carbocycles. The van der Waals surface area contributed by atoms with Gasteiger partial charge in [0.05, 0.1) is 0 Å². The van der Waals surface area contributed by atoms with E-state index in [1.807, 2.05) is 13.0 Å². The highest BCUT2D eigenvalue weighted by molar-refractivity contribution is 5.95. The Morgan fingerprint density at radius 1 is 1.10 bits per heavy atom. The lowest BCUT2D eigenvalue weighted by Crippen LogP contribution is -2.22. The van der Waals surface area contributed by atoms with E-state index in [4.69, 9.17) is 0 Å². The summed E-state index contributed by atoms with van der Waals surface area (Å²) in [5, 5.41) is 24.6. The van der Waals surface area contributed by atoms with Gasteiger partial charge in [-0.05, 0) is 42.8 Å². The van der Waals surface area contributed by atoms with E-state index in [0.29, 0.717) is 18.7 Å². The lowest BCUT2D eigenvalue weighted by molar-refractivity contribution is 0.0956. The van der Waals surface area contributed by atoms with Crippen LogP contribution in [0.5, 0.6) is 11.5 Å². The minimum absolute atomic E-state index is 0.108. The van der Waals surface area contributed by atoms with Crippen molar-refractivity contribution in [3.05, 3.63) is 53.6 Å². The van der Waals surface area contributed by atoms with Gasteiger partial charge in [-0.2, -0.15) is 0 Å². The van der Waals surface area contributed by atoms with E-state index in [1.54, 1.807) is 24.3 Å². The van der Waals surface area contributed by atoms with Crippen molar-refractivity contribution in [2.75, 3.05) is 11.9 Å². The van der Waals surface area contributed by atoms with Crippen molar-refractivity contribution < 1.29 is 15.0 Å². The molecule has 0 aromatic heterocycles. The van der Waals surface area contributed by atoms with E-state index in [1.165, 1.54) is 12.1 Å². The summed E-state index contributed by atoms with van der Waals surface area (Å²) in [6, 6.07) is 11.8. The van der Waals surface area contributed by atoms with Crippen LogP contribution in [-0.2, 0) is 6.54 Å². The highest BCUT2D eigenvalue weighted by atomic mass is 16.3. The smallest absolute Gasteiger partial charge is 0.251 e. The van der Waals surface area contributed by atoms with Crippen LogP contribution in [0.3, 0.4) is 0 Å². The number of carbonyl (C=O) groups is 1. The summed E-state index contributed by atoms with van der Waals surface area (Å²) >= 11 is 0. The summed E-state index contributed by atoms with van der Waals surface area (Å²) in [7, 11) is 0. The number of benzene rings is 2. The lowest BCUT2D eigenvalue weighted by atomic mass is 10.1. The molecule has 0 aliphatic heterocycles. The normalized spacial score (nSPS) is 10.1. The summed E-state index contributed by atoms with van der Waals surface area (Å²) < 4.78 is 0. The van der Waals surface area contributed by atoms with Crippen molar-refractivity contribution in [1.29, 1.82) is 0 Å². The van der Waals surface area contributed by atoms with Crippen molar-refractivity contribution in [3.8, 4) is 11.5 Å². The Morgan fingerprint density at radius 2 is 1.90 bits per heavy atom. The molecule has 110 valence electrons. The topological polar surface area (TPSA) is 81.6 Å². The molecule has 0 saturated heterocycles. The van der Waals surface area contributed by atoms with Gasteiger partial charge in [-0.15, -0.1) is 0 Å². The zero-order chi connectivity index (χ0) is 15.2. The second-order valence-electron chi connectivity index (χ2n) is 4.62. The lowest BCUT2D eigenvalue weighted by Gasteiger charge is -2.09. The van der Waals surface area contributed by atoms with Crippen LogP contribution in [0.1, 0.15) is 22.8 Å². The Balaban J connectivity index is 2.04. The van der Waals surface area contributed by atoms with Crippen LogP contribution < -0.4 is 10.6 Å². The van der Waals surface area contributed by atoms with Crippen LogP contribution in [0, 0.1) is 0 Å². The molecule has 0 spiro atoms. The number of rotatable bonds is 5. The van der Waals surface area contributed by atoms with Crippen LogP contribution in [0.15, 0.2) is 42.5 Å². The third-order valence-corrected chi connectivity index (χ3v) is 3.00. The van der Waals surface area contributed by atoms with Crippen LogP contribution in [-0.4, -0.2) is 22.7 Å². The van der Waals surface area contributed by atoms with Crippen LogP contribution in [0.2, 0.25) is 0 Å². The van der Waals surface area contributed by atoms with Gasteiger partial charge in [0.1, 0.15) is 0 Å². The van der Waals surface area contributed by atoms with Gasteiger partial charge < -0.3 is 20.8 Å². The number of amides is 1. The molecule has 0 heterocycles. The predicted molar refractivity (Wildman–Crippen MR) is 81.5 cm³/mol. The maximum absolute atomic E-state index is 11.8. The quantitative estimate of drug-likeness (QED) is 0.636. The maximum atomic E-state index is 11.8. The first kappa shape index (κ1) is 14.7. The fourth-order valence-corrected chi connectivity index (χ4v) is 1.92. The molecule has 0 radical (unpaired) electrons. The number of hydrogen-bond acceptors (Lipinski definition) is 4. The van der Waals surface area contributed by atoms with Gasteiger partial charge >= 0.3 is 0 Å². The Morgan fingerprint density at radius 3 is 2.62 bits per heavy atom. The van der Waals surface area contributed by atoms with Gasteiger partial charge in [0.15, 0.2) is 11.5 Å². The summed E-state index contributed by atoms with van der Waals surface area (Å²) in [5.74, 6) is -0.397. The van der Waals surface area contributed by atoms with E-state index in [9.17, 15) is 15.0 Å². The molecular formula is C16H18N2O3. The molecule has 2 rings (SSSR count). The number of aromatic hydroxyl groups is 2. The standard InChI is InChI=1S/C16H18N2O3/c1-2-17-16(21)12-4-3-5-13(9-12)18-10-11-6-7-14(19)15(20)8-11/h3-9,18-20H,2,10H2,1H3,(H,17,21). The first-order chi connectivity index (χ1) is 10.1. The molecule has 0 atom stereocenters. The van der Waals surface area contributed by atoms with Crippen molar-refractivity contribution in [2.24, 2.45) is 0 Å². The van der Waals surface area contributed by atoms with Crippen LogP contribution >= 0.6 is 0 Å². The number of anilines is 1. The molecule has 0 unspecified atom stereocenters. The van der Waals surface area contributed by atoms with Gasteiger partial charge in [0.25, 0.3) is 5.91 Å². The van der Waals surface area contributed by atoms with Crippen molar-refractivity contribution in [1.82, 2.24) is 5.32 Å². The van der Waals surface area contributed by atoms with E-state index >= 15 is 0 Å². The number of carbonyl (C=O) groups excluding carboxylic acids is 1. The fourth-order valence-electron chi connectivity index (χ4n) is 1.92. The van der Waals surface area contributed by atoms with E-state index in [-0.39, 0.29) is 17.4 Å². The average molecular weight is 286 g/mol. The Labute approximate surface area is 123 Å². The van der Waals surface area contributed by atoms with Crippen molar-refractivity contribution >= 4 is 11.6 Å². The van der Waals surface area contributed by atoms with Crippen LogP contribution in [0.25, 0.3) is 0 Å². The zero-order valence-corrected chi connectivity index (χ0v) is 11.8. The zero-order valence-electron chi connectivity index (χ0n) is 11.8. The first-order valence-electron chi connectivity index (χ1n) is 6.73. The molecule has 21 heavy (non-hydrogen) atoms. The molecule has 0 fully saturated rings. The predicted octanol–water partition coefficient (Wildman–Crippen LogP) is 2.46. The molecule has 2 aromatic carbocycles. The molecule has 0 saturated carbocycles. The van der Waals surface area contributed by atoms with Crippen LogP contribution in [0.4, 0.5) is 5.69 Å². The molecule has 2 aromatic rings. The average Bonchev–Trinajstić information content (AvgIpc) is 2.49. The van der Waals surface area contributed by atoms with Gasteiger partial charge in [0, 0.05) is 24.3 Å². The van der Waals surface area contributed by atoms with Gasteiger partial charge in [-0.1, -0.05) is 12.1 Å². The minimum Gasteiger partial charge on any atom is -0.504 e. The molecule has 0 aliphatic rings. The number of phenols is 2. The number of nitrogens with one attached hydrogen (secondary N) is 2. The monoisotopic (exact) mass is 286 g/mol. The second-order valence-corrected chi connectivity index (χ2v) is 4.62. The largest absolute Gasteiger partial charge is 0.504 e. The third-order valence-electron chi connectivity index (χ3n) is 3.00. The summed E-state index contributed by atoms with van der Waals surface area (Å²) in [5.41, 5.74) is 2.23. The molecule has 1 amide bonds. The Bertz CT molecular complexity index is 641. The Kier molecular flexibility index (Phi) is 4.66. The Hall–Kier alpha value is -2.69. The number of hydrogen-bond donors (Lipinski definition) is 4. The van der Waals surface area contributed by atoms with Gasteiger partial charge in [-0.3, -0.25) is 4.79 Å². The van der Waals surface area contributed by atoms with E-state index in [2.05, 4.69) is 10.6 Å². The molecular weight excluding hydrogens is 268 g/mol. The van der Waals surface area contributed by atoms with Gasteiger partial charge in [0.2, 0.25) is 0 Å². The van der Waals surface area contributed by atoms with Gasteiger partial charge in [-0.25, -0.2) is 0 Å². The maximum Gasteiger partial charge on any atom is 0.251 e. The molecule has 0 bridgehead atoms. The van der Waals surface area contributed by atoms with Crippen molar-refractivity contribution in [2.45, 2.75) is 13.5 Å².